The molecule has 386 valence electrons. The molecule has 0 aliphatic carbocycles. The zero-order valence-corrected chi connectivity index (χ0v) is 41.0. The van der Waals surface area contributed by atoms with E-state index in [1.165, 1.54) is 0 Å². The topological polar surface area (TPSA) is 744 Å². The van der Waals surface area contributed by atoms with Crippen LogP contribution in [0.25, 0.3) is 0 Å². The third kappa shape index (κ3) is 15.1. The molecule has 28 N–H and O–H groups in total. The van der Waals surface area contributed by atoms with Crippen LogP contribution >= 0.6 is 91.1 Å². The first-order chi connectivity index (χ1) is 27.4. The number of hydrogen-bond donors (Lipinski definition) is 27. The van der Waals surface area contributed by atoms with Gasteiger partial charge in [0.1, 0.15) is 0 Å². The maximum atomic E-state index is 13.7. The minimum Gasteiger partial charge on any atom is -0.329 e. The molecule has 0 atom stereocenters. The number of nitrogens with two attached hydrogens (primary N) is 1. The summed E-state index contributed by atoms with van der Waals surface area (Å²) in [4.78, 5) is 251. The van der Waals surface area contributed by atoms with Crippen molar-refractivity contribution in [3.05, 3.63) is 0 Å². The van der Waals surface area contributed by atoms with Crippen molar-refractivity contribution in [3.8, 4) is 0 Å². The molecule has 0 rings (SSSR count). The Labute approximate surface area is 354 Å². The minimum absolute atomic E-state index is 0.625. The Morgan fingerprint density at radius 2 is 0.562 bits per heavy atom. The van der Waals surface area contributed by atoms with E-state index in [1.807, 2.05) is 5.32 Å². The number of rotatable bonds is 26. The molecule has 0 aliphatic rings. The van der Waals surface area contributed by atoms with E-state index in [9.17, 15) is 172 Å². The molecule has 0 fully saturated rings. The molecule has 0 aromatic carbocycles. The fourth-order valence-corrected chi connectivity index (χ4v) is 28.2. The smallest absolute Gasteiger partial charge is 0.329 e. The number of hydrogen-bond acceptors (Lipinski definition) is 16. The van der Waals surface area contributed by atoms with Gasteiger partial charge in [0.25, 0.3) is 0 Å². The van der Waals surface area contributed by atoms with Crippen molar-refractivity contribution in [2.24, 2.45) is 5.73 Å². The molecule has 0 spiro atoms. The van der Waals surface area contributed by atoms with Crippen LogP contribution in [0.2, 0.25) is 0 Å². The third-order valence-electron chi connectivity index (χ3n) is 7.98. The first kappa shape index (κ1) is 65.6. The summed E-state index contributed by atoms with van der Waals surface area (Å²) in [5, 5.41) is -21.5. The summed E-state index contributed by atoms with van der Waals surface area (Å²) in [5.41, 5.74) is -21.0. The number of nitrogens with one attached hydrogen (secondary N) is 2. The van der Waals surface area contributed by atoms with E-state index in [2.05, 4.69) is 0 Å². The summed E-state index contributed by atoms with van der Waals surface area (Å²) in [6.07, 6.45) is 0. The second kappa shape index (κ2) is 20.6. The van der Waals surface area contributed by atoms with Crippen molar-refractivity contribution in [3.63, 3.8) is 0 Å². The van der Waals surface area contributed by atoms with Crippen molar-refractivity contribution in [2.75, 3.05) is 26.2 Å². The van der Waals surface area contributed by atoms with Crippen molar-refractivity contribution in [1.82, 2.24) is 15.5 Å². The molecule has 52 heteroatoms. The first-order valence-corrected chi connectivity index (χ1v) is 35.1. The SMILES string of the molecule is NCCNCCNC(C(P(=O)(O)O)P(=O)(O)O)(C(P(=O)(O)O)P(=O)(O)O)C(C(P(=O)(O)O)P(=O)(O)O)(C(P(=O)(O)O)P(=O)(O)O)N(C(P(=O)(O)O)P(=O)(O)O)C(P(=O)(O)O)P(=O)(O)O. The Morgan fingerprint density at radius 1 is 0.344 bits per heavy atom. The molecule has 0 aliphatic heterocycles. The van der Waals surface area contributed by atoms with Crippen LogP contribution in [0.4, 0.5) is 0 Å². The Kier molecular flexibility index (Phi) is 21.2. The summed E-state index contributed by atoms with van der Waals surface area (Å²) < 4.78 is 162. The Balaban J connectivity index is 12.6. The molecule has 0 radical (unpaired) electrons. The monoisotopic (exact) mass is 1190 g/mol. The molecular weight excluding hydrogens is 1150 g/mol. The van der Waals surface area contributed by atoms with E-state index in [0.717, 1.165) is 0 Å². The number of nitrogens with zero attached hydrogens (tertiary/aromatic N) is 1. The van der Waals surface area contributed by atoms with E-state index in [0.29, 0.717) is 5.32 Å². The van der Waals surface area contributed by atoms with Crippen molar-refractivity contribution in [1.29, 1.82) is 0 Å². The van der Waals surface area contributed by atoms with E-state index in [1.54, 1.807) is 0 Å². The molecule has 0 saturated heterocycles. The van der Waals surface area contributed by atoms with E-state index >= 15 is 0 Å². The Morgan fingerprint density at radius 3 is 0.734 bits per heavy atom. The van der Waals surface area contributed by atoms with Gasteiger partial charge < -0.3 is 134 Å². The molecule has 64 heavy (non-hydrogen) atoms. The highest BCUT2D eigenvalue weighted by atomic mass is 31.3. The predicted octanol–water partition coefficient (Wildman–Crippen LogP) is -7.09. The normalized spacial score (nSPS) is 16.1. The van der Waals surface area contributed by atoms with Gasteiger partial charge in [-0.1, -0.05) is 0 Å². The molecule has 0 amide bonds. The Hall–Kier alpha value is 1.64. The maximum absolute atomic E-state index is 13.7. The fraction of sp³-hybridized carbons (Fsp3) is 1.00. The molecule has 0 unspecified atom stereocenters. The summed E-state index contributed by atoms with van der Waals surface area (Å²) in [7, 11) is -100. The highest BCUT2D eigenvalue weighted by Gasteiger charge is 2.90. The van der Waals surface area contributed by atoms with Gasteiger partial charge in [-0.05, 0) is 0 Å². The Bertz CT molecular complexity index is 2010. The summed E-state index contributed by atoms with van der Waals surface area (Å²) >= 11 is 0. The summed E-state index contributed by atoms with van der Waals surface area (Å²) in [5.74, 6) is 0. The first-order valence-electron chi connectivity index (χ1n) is 15.0. The van der Waals surface area contributed by atoms with Crippen molar-refractivity contribution >= 4 is 91.1 Å². The van der Waals surface area contributed by atoms with Crippen LogP contribution in [0, 0.1) is 0 Å². The van der Waals surface area contributed by atoms with Gasteiger partial charge in [0.05, 0.1) is 11.1 Å². The van der Waals surface area contributed by atoms with Gasteiger partial charge in [-0.15, -0.1) is 0 Å². The second-order valence-corrected chi connectivity index (χ2v) is 35.5. The lowest BCUT2D eigenvalue weighted by molar-refractivity contribution is -0.00971. The average molecular weight is 1190 g/mol. The molecule has 0 aromatic rings. The van der Waals surface area contributed by atoms with Crippen LogP contribution in [-0.4, -0.2) is 192 Å². The predicted molar refractivity (Wildman–Crippen MR) is 204 cm³/mol. The van der Waals surface area contributed by atoms with Gasteiger partial charge in [-0.3, -0.25) is 54.8 Å². The van der Waals surface area contributed by atoms with Crippen LogP contribution in [0.15, 0.2) is 0 Å². The lowest BCUT2D eigenvalue weighted by Crippen LogP contribution is -2.86. The van der Waals surface area contributed by atoms with Gasteiger partial charge in [0.2, 0.25) is 11.0 Å². The molecule has 0 heterocycles. The van der Waals surface area contributed by atoms with Crippen LogP contribution < -0.4 is 16.4 Å². The standard InChI is InChI=1S/C12H42N4O36P12/c13-1-2-14-3-4-15-11(5(53(17,18)19)54(20,21)22,6(55(23,24)25)56(26,27)28)12(7(57(29,30)31)58(32,33)34,8(59(35,36)37)60(38,39)40)16(9(61(41,42)43)62(44,45)46)10(63(47,48)49)64(50,51)52/h5-10,14-15H,1-4,13H2,(H2,17,18,19)(H2,20,21,22)(H2,23,24,25)(H2,26,27,28)(H2,29,30,31)(H2,32,33,34)(H2,35,36,37)(H2,38,39,40)(H2,41,42,43)(H2,44,45,46)(H2,47,48,49)(H2,50,51,52). The summed E-state index contributed by atoms with van der Waals surface area (Å²) in [6, 6.07) is 0. The quantitative estimate of drug-likeness (QED) is 0.0283. The second-order valence-electron chi connectivity index (χ2n) is 12.8. The zero-order chi connectivity index (χ0) is 52.3. The van der Waals surface area contributed by atoms with Gasteiger partial charge in [0.15, 0.2) is 21.6 Å². The third-order valence-corrected chi connectivity index (χ3v) is 30.5. The average Bonchev–Trinajstić information content (AvgIpc) is 2.86. The van der Waals surface area contributed by atoms with E-state index < -0.39 is 166 Å². The van der Waals surface area contributed by atoms with Crippen molar-refractivity contribution in [2.45, 2.75) is 43.7 Å². The fourth-order valence-electron chi connectivity index (χ4n) is 6.91. The summed E-state index contributed by atoms with van der Waals surface area (Å²) in [6.45, 7) is -5.21. The lowest BCUT2D eigenvalue weighted by Gasteiger charge is -2.66. The van der Waals surface area contributed by atoms with Crippen LogP contribution in [-0.2, 0) is 54.8 Å². The largest absolute Gasteiger partial charge is 0.355 e. The van der Waals surface area contributed by atoms with Gasteiger partial charge >= 0.3 is 91.1 Å². The van der Waals surface area contributed by atoms with Gasteiger partial charge in [-0.2, -0.15) is 0 Å². The zero-order valence-electron chi connectivity index (χ0n) is 30.3. The van der Waals surface area contributed by atoms with Gasteiger partial charge in [-0.25, -0.2) is 4.90 Å². The molecular formula is C12H42N4O36P12. The van der Waals surface area contributed by atoms with Crippen LogP contribution in [0.3, 0.4) is 0 Å². The van der Waals surface area contributed by atoms with E-state index in [4.69, 9.17) is 5.73 Å². The van der Waals surface area contributed by atoms with Crippen molar-refractivity contribution < 1.29 is 172 Å². The van der Waals surface area contributed by atoms with Crippen LogP contribution in [0.1, 0.15) is 0 Å². The molecule has 40 nitrogen and oxygen atoms in total. The molecule has 0 aromatic heterocycles. The highest BCUT2D eigenvalue weighted by Crippen LogP contribution is 2.86. The maximum Gasteiger partial charge on any atom is 0.355 e. The molecule has 0 saturated carbocycles. The lowest BCUT2D eigenvalue weighted by atomic mass is 9.78. The van der Waals surface area contributed by atoms with Gasteiger partial charge in [0, 0.05) is 26.2 Å². The molecule has 0 bridgehead atoms. The van der Waals surface area contributed by atoms with E-state index in [-0.39, 0.29) is 0 Å². The van der Waals surface area contributed by atoms with Crippen LogP contribution in [0.5, 0.6) is 0 Å². The highest BCUT2D eigenvalue weighted by molar-refractivity contribution is 7.76. The minimum atomic E-state index is -8.58.